The first-order valence-corrected chi connectivity index (χ1v) is 11.7. The number of alkyl halides is 2. The van der Waals surface area contributed by atoms with Gasteiger partial charge in [0.2, 0.25) is 0 Å². The van der Waals surface area contributed by atoms with Crippen LogP contribution in [0.15, 0.2) is 30.5 Å². The van der Waals surface area contributed by atoms with E-state index in [1.807, 2.05) is 6.19 Å². The molecule has 0 aliphatic heterocycles. The normalized spacial score (nSPS) is 14.3. The Kier molecular flexibility index (Phi) is 8.88. The summed E-state index contributed by atoms with van der Waals surface area (Å²) in [6.45, 7) is 1.80. The second-order valence-corrected chi connectivity index (χ2v) is 9.31. The maximum Gasteiger partial charge on any atom is 0.280 e. The number of anilines is 1. The summed E-state index contributed by atoms with van der Waals surface area (Å²) < 4.78 is 32.1. The van der Waals surface area contributed by atoms with Crippen LogP contribution in [-0.4, -0.2) is 35.8 Å². The molecular formula is C24H26F2N6O2S. The average Bonchev–Trinajstić information content (AvgIpc) is 3.69. The third-order valence-electron chi connectivity index (χ3n) is 5.23. The van der Waals surface area contributed by atoms with Crippen LogP contribution >= 0.6 is 11.8 Å². The van der Waals surface area contributed by atoms with Gasteiger partial charge in [-0.15, -0.1) is 11.8 Å². The van der Waals surface area contributed by atoms with E-state index in [-0.39, 0.29) is 27.6 Å². The van der Waals surface area contributed by atoms with Crippen molar-refractivity contribution in [2.45, 2.75) is 36.9 Å². The maximum atomic E-state index is 13.4. The maximum absolute atomic E-state index is 13.4. The number of nitrogens with two attached hydrogens (primary N) is 1. The minimum Gasteiger partial charge on any atom is -0.494 e. The zero-order chi connectivity index (χ0) is 25.5. The van der Waals surface area contributed by atoms with Crippen molar-refractivity contribution in [3.05, 3.63) is 41.7 Å². The molecule has 1 aliphatic carbocycles. The molecule has 35 heavy (non-hydrogen) atoms. The molecule has 1 heterocycles. The molecular weight excluding hydrogens is 474 g/mol. The lowest BCUT2D eigenvalue weighted by Crippen LogP contribution is -2.37. The second-order valence-electron chi connectivity index (χ2n) is 7.86. The van der Waals surface area contributed by atoms with Crippen molar-refractivity contribution in [1.29, 1.82) is 5.26 Å². The topological polar surface area (TPSA) is 116 Å². The molecule has 1 aromatic heterocycles. The first-order valence-electron chi connectivity index (χ1n) is 10.8. The number of ether oxygens (including phenoxy) is 1. The number of halogens is 2. The van der Waals surface area contributed by atoms with Crippen molar-refractivity contribution in [3.63, 3.8) is 0 Å². The summed E-state index contributed by atoms with van der Waals surface area (Å²) in [7, 11) is 2.93. The van der Waals surface area contributed by atoms with Crippen molar-refractivity contribution < 1.29 is 18.3 Å². The number of benzene rings is 1. The summed E-state index contributed by atoms with van der Waals surface area (Å²) in [6.07, 6.45) is 2.54. The van der Waals surface area contributed by atoms with E-state index in [1.165, 1.54) is 36.0 Å². The molecule has 8 nitrogen and oxygen atoms in total. The van der Waals surface area contributed by atoms with E-state index < -0.39 is 18.0 Å². The Bertz CT molecular complexity index is 1170. The van der Waals surface area contributed by atoms with Gasteiger partial charge in [-0.05, 0) is 44.0 Å². The van der Waals surface area contributed by atoms with Crippen molar-refractivity contribution in [2.24, 2.45) is 11.8 Å². The number of amides is 1. The molecule has 0 saturated heterocycles. The fourth-order valence-corrected chi connectivity index (χ4v) is 4.01. The van der Waals surface area contributed by atoms with E-state index in [4.69, 9.17) is 10.6 Å². The summed E-state index contributed by atoms with van der Waals surface area (Å²) in [5.41, 5.74) is 3.45. The van der Waals surface area contributed by atoms with Gasteiger partial charge in [0.25, 0.3) is 12.3 Å². The van der Waals surface area contributed by atoms with Gasteiger partial charge in [-0.1, -0.05) is 11.8 Å². The standard InChI is InChI=1S/C24H26F2N6O2S/c1-14(35-22(31-28)9-6-15-4-5-15)30-24(33)17-8-7-16(32(2)13-27)10-18(17)19-11-20(23(25)26)29-12-21(19)34-3/h7-8,10-12,14-15,22-23,31H,4-5,28H2,1-3H3,(H,30,33). The number of aromatic nitrogens is 1. The van der Waals surface area contributed by atoms with Gasteiger partial charge in [0, 0.05) is 29.7 Å². The van der Waals surface area contributed by atoms with Crippen LogP contribution in [0.5, 0.6) is 5.75 Å². The molecule has 0 radical (unpaired) electrons. The van der Waals surface area contributed by atoms with Gasteiger partial charge >= 0.3 is 0 Å². The molecule has 0 bridgehead atoms. The summed E-state index contributed by atoms with van der Waals surface area (Å²) >= 11 is 1.34. The zero-order valence-corrected chi connectivity index (χ0v) is 20.3. The first-order chi connectivity index (χ1) is 16.8. The number of carbonyl (C=O) groups excluding carboxylic acids is 1. The predicted octanol–water partition coefficient (Wildman–Crippen LogP) is 3.62. The Hall–Kier alpha value is -3.38. The lowest BCUT2D eigenvalue weighted by Gasteiger charge is -2.20. The van der Waals surface area contributed by atoms with Crippen LogP contribution in [0.4, 0.5) is 14.5 Å². The third-order valence-corrected chi connectivity index (χ3v) is 6.28. The van der Waals surface area contributed by atoms with Gasteiger partial charge in [0.15, 0.2) is 6.19 Å². The third kappa shape index (κ3) is 6.83. The van der Waals surface area contributed by atoms with Gasteiger partial charge in [-0.25, -0.2) is 14.2 Å². The molecule has 1 amide bonds. The van der Waals surface area contributed by atoms with Gasteiger partial charge < -0.3 is 10.1 Å². The molecule has 0 spiro atoms. The number of thioether (sulfide) groups is 1. The molecule has 1 fully saturated rings. The van der Waals surface area contributed by atoms with Crippen molar-refractivity contribution in [1.82, 2.24) is 15.7 Å². The van der Waals surface area contributed by atoms with E-state index in [0.29, 0.717) is 17.2 Å². The number of carbonyl (C=O) groups is 1. The number of hydrogen-bond acceptors (Lipinski definition) is 8. The molecule has 3 rings (SSSR count). The Balaban J connectivity index is 1.95. The van der Waals surface area contributed by atoms with E-state index in [0.717, 1.165) is 12.8 Å². The minimum absolute atomic E-state index is 0.213. The van der Waals surface area contributed by atoms with Crippen molar-refractivity contribution in [3.8, 4) is 34.9 Å². The van der Waals surface area contributed by atoms with Crippen LogP contribution < -0.4 is 26.2 Å². The number of rotatable bonds is 9. The molecule has 11 heteroatoms. The van der Waals surface area contributed by atoms with Gasteiger partial charge in [-0.2, -0.15) is 5.26 Å². The molecule has 4 N–H and O–H groups in total. The van der Waals surface area contributed by atoms with E-state index in [9.17, 15) is 18.8 Å². The molecule has 184 valence electrons. The monoisotopic (exact) mass is 500 g/mol. The van der Waals surface area contributed by atoms with Gasteiger partial charge in [0.1, 0.15) is 16.8 Å². The average molecular weight is 501 g/mol. The summed E-state index contributed by atoms with van der Waals surface area (Å²) in [6, 6.07) is 5.91. The zero-order valence-electron chi connectivity index (χ0n) is 19.5. The second kappa shape index (κ2) is 11.8. The number of nitrogens with one attached hydrogen (secondary N) is 2. The van der Waals surface area contributed by atoms with E-state index in [2.05, 4.69) is 27.6 Å². The van der Waals surface area contributed by atoms with Gasteiger partial charge in [-0.3, -0.25) is 20.5 Å². The molecule has 1 aliphatic rings. The Morgan fingerprint density at radius 3 is 2.69 bits per heavy atom. The molecule has 2 atom stereocenters. The lowest BCUT2D eigenvalue weighted by atomic mass is 9.97. The fraction of sp³-hybridized carbons (Fsp3) is 0.375. The summed E-state index contributed by atoms with van der Waals surface area (Å²) in [4.78, 5) is 18.3. The molecule has 1 aromatic carbocycles. The lowest BCUT2D eigenvalue weighted by molar-refractivity contribution is 0.0952. The number of hydrazine groups is 1. The highest BCUT2D eigenvalue weighted by Gasteiger charge is 2.23. The Morgan fingerprint density at radius 1 is 1.34 bits per heavy atom. The fourth-order valence-electron chi connectivity index (χ4n) is 3.21. The van der Waals surface area contributed by atoms with Crippen molar-refractivity contribution in [2.75, 3.05) is 19.1 Å². The number of methoxy groups -OCH3 is 1. The minimum atomic E-state index is -2.81. The van der Waals surface area contributed by atoms with Crippen LogP contribution in [0.3, 0.4) is 0 Å². The quantitative estimate of drug-likeness (QED) is 0.119. The number of pyridine rings is 1. The highest BCUT2D eigenvalue weighted by molar-refractivity contribution is 8.00. The smallest absolute Gasteiger partial charge is 0.280 e. The molecule has 2 aromatic rings. The van der Waals surface area contributed by atoms with E-state index >= 15 is 0 Å². The van der Waals surface area contributed by atoms with Crippen LogP contribution in [0.25, 0.3) is 11.1 Å². The first kappa shape index (κ1) is 26.2. The number of hydrogen-bond donors (Lipinski definition) is 3. The van der Waals surface area contributed by atoms with Gasteiger partial charge in [0.05, 0.1) is 24.4 Å². The van der Waals surface area contributed by atoms with Crippen LogP contribution in [0, 0.1) is 29.2 Å². The predicted molar refractivity (Wildman–Crippen MR) is 131 cm³/mol. The van der Waals surface area contributed by atoms with Crippen LogP contribution in [0.1, 0.15) is 42.2 Å². The number of nitriles is 1. The Labute approximate surface area is 207 Å². The molecule has 2 unspecified atom stereocenters. The Morgan fingerprint density at radius 2 is 2.09 bits per heavy atom. The largest absolute Gasteiger partial charge is 0.494 e. The summed E-state index contributed by atoms with van der Waals surface area (Å²) in [5, 5.41) is 11.4. The highest BCUT2D eigenvalue weighted by atomic mass is 32.2. The van der Waals surface area contributed by atoms with Crippen LogP contribution in [-0.2, 0) is 0 Å². The number of nitrogens with zero attached hydrogens (tertiary/aromatic N) is 3. The summed E-state index contributed by atoms with van der Waals surface area (Å²) in [5.74, 6) is 12.0. The highest BCUT2D eigenvalue weighted by Crippen LogP contribution is 2.36. The SMILES string of the molecule is COc1cnc(C(F)F)cc1-c1cc(N(C)C#N)ccc1C(=O)NC(C)SC(C#CC1CC1)NN. The van der Waals surface area contributed by atoms with Crippen LogP contribution in [0.2, 0.25) is 0 Å². The van der Waals surface area contributed by atoms with Crippen molar-refractivity contribution >= 4 is 23.4 Å². The van der Waals surface area contributed by atoms with E-state index in [1.54, 1.807) is 32.2 Å². The molecule has 1 saturated carbocycles.